The third kappa shape index (κ3) is 5.62. The summed E-state index contributed by atoms with van der Waals surface area (Å²) in [4.78, 5) is 0. The summed E-state index contributed by atoms with van der Waals surface area (Å²) in [6, 6.07) is 0. The van der Waals surface area contributed by atoms with Crippen molar-refractivity contribution in [3.8, 4) is 0 Å². The molecule has 0 nitrogen and oxygen atoms in total. The third-order valence-electron chi connectivity index (χ3n) is 2.77. The van der Waals surface area contributed by atoms with E-state index in [0.29, 0.717) is 5.41 Å². The molecule has 0 aliphatic carbocycles. The standard InChI is InChI=1S/C12H25/c1-6-8-11(3)9-10-12(4,5)7-2/h11H,2,6-10H2,1,3-5H3. The van der Waals surface area contributed by atoms with Crippen LogP contribution in [0.3, 0.4) is 0 Å². The molecule has 0 heteroatoms. The lowest BCUT2D eigenvalue weighted by molar-refractivity contribution is 0.295. The first-order valence-corrected chi connectivity index (χ1v) is 5.31. The summed E-state index contributed by atoms with van der Waals surface area (Å²) < 4.78 is 0. The molecular formula is C12H25. The van der Waals surface area contributed by atoms with E-state index in [2.05, 4.69) is 34.6 Å². The van der Waals surface area contributed by atoms with Crippen molar-refractivity contribution in [1.82, 2.24) is 0 Å². The Bertz CT molecular complexity index is 103. The molecular weight excluding hydrogens is 144 g/mol. The Morgan fingerprint density at radius 2 is 1.83 bits per heavy atom. The molecule has 0 rings (SSSR count). The normalized spacial score (nSPS) is 14.8. The smallest absolute Gasteiger partial charge is 0.0354 e. The quantitative estimate of drug-likeness (QED) is 0.551. The van der Waals surface area contributed by atoms with E-state index < -0.39 is 0 Å². The van der Waals surface area contributed by atoms with Gasteiger partial charge in [0.1, 0.15) is 0 Å². The van der Waals surface area contributed by atoms with Crippen LogP contribution in [0.2, 0.25) is 0 Å². The molecule has 1 radical (unpaired) electrons. The van der Waals surface area contributed by atoms with Gasteiger partial charge < -0.3 is 0 Å². The molecule has 0 N–H and O–H groups in total. The minimum Gasteiger partial charge on any atom is -0.0654 e. The Hall–Kier alpha value is 0. The van der Waals surface area contributed by atoms with Crippen molar-refractivity contribution in [1.29, 1.82) is 0 Å². The van der Waals surface area contributed by atoms with Gasteiger partial charge in [0.05, 0.1) is 0 Å². The van der Waals surface area contributed by atoms with Crippen molar-refractivity contribution in [3.05, 3.63) is 6.92 Å². The molecule has 0 bridgehead atoms. The number of hydrogen-bond donors (Lipinski definition) is 0. The summed E-state index contributed by atoms with van der Waals surface area (Å²) in [6.45, 7) is 13.2. The highest BCUT2D eigenvalue weighted by atomic mass is 14.2. The van der Waals surface area contributed by atoms with Crippen LogP contribution in [0.4, 0.5) is 0 Å². The Morgan fingerprint density at radius 1 is 1.25 bits per heavy atom. The van der Waals surface area contributed by atoms with Gasteiger partial charge in [-0.2, -0.15) is 0 Å². The Balaban J connectivity index is 3.52. The highest BCUT2D eigenvalue weighted by molar-refractivity contribution is 4.70. The Kier molecular flexibility index (Phi) is 5.61. The third-order valence-corrected chi connectivity index (χ3v) is 2.77. The zero-order chi connectivity index (χ0) is 9.61. The minimum absolute atomic E-state index is 0.460. The molecule has 12 heavy (non-hydrogen) atoms. The highest BCUT2D eigenvalue weighted by Gasteiger charge is 2.15. The molecule has 0 fully saturated rings. The van der Waals surface area contributed by atoms with E-state index in [1.54, 1.807) is 0 Å². The van der Waals surface area contributed by atoms with Crippen LogP contribution < -0.4 is 0 Å². The molecule has 0 saturated carbocycles. The topological polar surface area (TPSA) is 0 Å². The van der Waals surface area contributed by atoms with Crippen LogP contribution in [0.5, 0.6) is 0 Å². The van der Waals surface area contributed by atoms with Crippen molar-refractivity contribution < 1.29 is 0 Å². The molecule has 73 valence electrons. The maximum atomic E-state index is 3.98. The van der Waals surface area contributed by atoms with Crippen molar-refractivity contribution in [2.45, 2.75) is 59.8 Å². The fourth-order valence-corrected chi connectivity index (χ4v) is 1.40. The van der Waals surface area contributed by atoms with Crippen molar-refractivity contribution in [3.63, 3.8) is 0 Å². The van der Waals surface area contributed by atoms with Crippen LogP contribution in [0.25, 0.3) is 0 Å². The molecule has 0 aromatic rings. The van der Waals surface area contributed by atoms with Gasteiger partial charge in [0, 0.05) is 0 Å². The zero-order valence-electron chi connectivity index (χ0n) is 9.32. The molecule has 0 aliphatic heterocycles. The van der Waals surface area contributed by atoms with E-state index in [1.807, 2.05) is 0 Å². The average molecular weight is 169 g/mol. The van der Waals surface area contributed by atoms with Gasteiger partial charge in [-0.15, -0.1) is 0 Å². The van der Waals surface area contributed by atoms with Gasteiger partial charge in [0.15, 0.2) is 0 Å². The first-order chi connectivity index (χ1) is 5.52. The maximum absolute atomic E-state index is 3.98. The molecule has 0 aliphatic rings. The maximum Gasteiger partial charge on any atom is -0.0354 e. The molecule has 1 unspecified atom stereocenters. The lowest BCUT2D eigenvalue weighted by Gasteiger charge is -2.24. The van der Waals surface area contributed by atoms with E-state index in [4.69, 9.17) is 0 Å². The monoisotopic (exact) mass is 169 g/mol. The number of hydrogen-bond acceptors (Lipinski definition) is 0. The van der Waals surface area contributed by atoms with Crippen LogP contribution in [-0.4, -0.2) is 0 Å². The first-order valence-electron chi connectivity index (χ1n) is 5.31. The second-order valence-corrected chi connectivity index (χ2v) is 4.85. The van der Waals surface area contributed by atoms with E-state index in [-0.39, 0.29) is 0 Å². The number of rotatable bonds is 6. The van der Waals surface area contributed by atoms with Crippen molar-refractivity contribution in [2.75, 3.05) is 0 Å². The second-order valence-electron chi connectivity index (χ2n) is 4.85. The average Bonchev–Trinajstić information content (AvgIpc) is 2.02. The SMILES string of the molecule is [CH2]CC(C)(C)CCC(C)CCC. The van der Waals surface area contributed by atoms with Gasteiger partial charge in [-0.3, -0.25) is 0 Å². The van der Waals surface area contributed by atoms with Gasteiger partial charge in [0.25, 0.3) is 0 Å². The molecule has 0 spiro atoms. The molecule has 0 aromatic carbocycles. The highest BCUT2D eigenvalue weighted by Crippen LogP contribution is 2.28. The molecule has 0 aromatic heterocycles. The van der Waals surface area contributed by atoms with Gasteiger partial charge >= 0.3 is 0 Å². The van der Waals surface area contributed by atoms with Crippen molar-refractivity contribution >= 4 is 0 Å². The zero-order valence-corrected chi connectivity index (χ0v) is 9.32. The fraction of sp³-hybridized carbons (Fsp3) is 0.917. The van der Waals surface area contributed by atoms with Gasteiger partial charge in [-0.25, -0.2) is 0 Å². The minimum atomic E-state index is 0.460. The summed E-state index contributed by atoms with van der Waals surface area (Å²) in [5, 5.41) is 0. The van der Waals surface area contributed by atoms with Crippen LogP contribution in [0.15, 0.2) is 0 Å². The Labute approximate surface area is 78.8 Å². The molecule has 0 amide bonds. The summed E-state index contributed by atoms with van der Waals surface area (Å²) in [5.74, 6) is 0.904. The largest absolute Gasteiger partial charge is 0.0654 e. The summed E-state index contributed by atoms with van der Waals surface area (Å²) in [6.07, 6.45) is 6.47. The predicted molar refractivity (Wildman–Crippen MR) is 57.1 cm³/mol. The summed E-state index contributed by atoms with van der Waals surface area (Å²) in [7, 11) is 0. The summed E-state index contributed by atoms with van der Waals surface area (Å²) in [5.41, 5.74) is 0.460. The molecule has 0 saturated heterocycles. The van der Waals surface area contributed by atoms with E-state index in [9.17, 15) is 0 Å². The Morgan fingerprint density at radius 3 is 2.25 bits per heavy atom. The van der Waals surface area contributed by atoms with Crippen LogP contribution in [0.1, 0.15) is 59.8 Å². The van der Waals surface area contributed by atoms with Crippen LogP contribution in [-0.2, 0) is 0 Å². The van der Waals surface area contributed by atoms with Gasteiger partial charge in [-0.1, -0.05) is 53.9 Å². The van der Waals surface area contributed by atoms with E-state index in [1.165, 1.54) is 25.7 Å². The van der Waals surface area contributed by atoms with Crippen molar-refractivity contribution in [2.24, 2.45) is 11.3 Å². The van der Waals surface area contributed by atoms with Gasteiger partial charge in [0.2, 0.25) is 0 Å². The molecule has 1 atom stereocenters. The predicted octanol–water partition coefficient (Wildman–Crippen LogP) is 4.45. The van der Waals surface area contributed by atoms with Gasteiger partial charge in [-0.05, 0) is 24.2 Å². The van der Waals surface area contributed by atoms with Crippen LogP contribution >= 0.6 is 0 Å². The van der Waals surface area contributed by atoms with E-state index >= 15 is 0 Å². The lowest BCUT2D eigenvalue weighted by Crippen LogP contribution is -2.11. The van der Waals surface area contributed by atoms with E-state index in [0.717, 1.165) is 12.3 Å². The second kappa shape index (κ2) is 5.61. The molecule has 0 heterocycles. The lowest BCUT2D eigenvalue weighted by atomic mass is 9.82. The fourth-order valence-electron chi connectivity index (χ4n) is 1.40. The summed E-state index contributed by atoms with van der Waals surface area (Å²) >= 11 is 0. The van der Waals surface area contributed by atoms with Crippen LogP contribution in [0, 0.1) is 18.3 Å². The first kappa shape index (κ1) is 12.0.